The van der Waals surface area contributed by atoms with Gasteiger partial charge in [-0.3, -0.25) is 4.79 Å². The third-order valence-corrected chi connectivity index (χ3v) is 5.04. The molecule has 1 aliphatic heterocycles. The first kappa shape index (κ1) is 19.5. The van der Waals surface area contributed by atoms with Crippen LogP contribution in [-0.4, -0.2) is 38.3 Å². The van der Waals surface area contributed by atoms with Gasteiger partial charge in [0.1, 0.15) is 0 Å². The molecule has 25 heavy (non-hydrogen) atoms. The van der Waals surface area contributed by atoms with E-state index in [0.29, 0.717) is 0 Å². The average Bonchev–Trinajstić information content (AvgIpc) is 2.69. The molecule has 0 saturated carbocycles. The van der Waals surface area contributed by atoms with E-state index in [4.69, 9.17) is 9.31 Å². The number of anilines is 2. The summed E-state index contributed by atoms with van der Waals surface area (Å²) in [6.45, 7) is 11.9. The van der Waals surface area contributed by atoms with Gasteiger partial charge < -0.3 is 19.5 Å². The topological polar surface area (TPSA) is 50.8 Å². The molecule has 0 atom stereocenters. The van der Waals surface area contributed by atoms with Crippen LogP contribution >= 0.6 is 0 Å². The van der Waals surface area contributed by atoms with Gasteiger partial charge in [0.25, 0.3) is 0 Å². The van der Waals surface area contributed by atoms with Crippen molar-refractivity contribution in [1.82, 2.24) is 0 Å². The highest BCUT2D eigenvalue weighted by molar-refractivity contribution is 6.64. The predicted molar refractivity (Wildman–Crippen MR) is 105 cm³/mol. The lowest BCUT2D eigenvalue weighted by molar-refractivity contribution is -0.111. The van der Waals surface area contributed by atoms with Gasteiger partial charge in [-0.2, -0.15) is 0 Å². The second kappa shape index (κ2) is 6.85. The molecule has 1 amide bonds. The molecule has 2 rings (SSSR count). The highest BCUT2D eigenvalue weighted by Gasteiger charge is 2.52. The lowest BCUT2D eigenvalue weighted by Crippen LogP contribution is -2.41. The van der Waals surface area contributed by atoms with Crippen molar-refractivity contribution in [3.8, 4) is 0 Å². The number of hydrogen-bond donors (Lipinski definition) is 1. The molecule has 1 saturated heterocycles. The van der Waals surface area contributed by atoms with Crippen molar-refractivity contribution in [2.75, 3.05) is 24.3 Å². The first-order valence-corrected chi connectivity index (χ1v) is 8.60. The van der Waals surface area contributed by atoms with Gasteiger partial charge in [-0.25, -0.2) is 0 Å². The number of carbonyl (C=O) groups is 1. The second-order valence-corrected chi connectivity index (χ2v) is 7.64. The van der Waals surface area contributed by atoms with Crippen molar-refractivity contribution >= 4 is 29.9 Å². The molecule has 136 valence electrons. The fourth-order valence-corrected chi connectivity index (χ4v) is 2.82. The average molecular weight is 344 g/mol. The Morgan fingerprint density at radius 3 is 2.20 bits per heavy atom. The number of hydrogen-bond acceptors (Lipinski definition) is 4. The minimum absolute atomic E-state index is 0.150. The van der Waals surface area contributed by atoms with Crippen molar-refractivity contribution < 1.29 is 14.1 Å². The molecular weight excluding hydrogens is 315 g/mol. The van der Waals surface area contributed by atoms with Crippen LogP contribution in [0.15, 0.2) is 24.3 Å². The molecule has 6 heteroatoms. The molecule has 0 bridgehead atoms. The summed E-state index contributed by atoms with van der Waals surface area (Å²) in [7, 11) is 3.49. The van der Waals surface area contributed by atoms with Crippen molar-refractivity contribution in [3.05, 3.63) is 29.8 Å². The zero-order valence-electron chi connectivity index (χ0n) is 16.6. The van der Waals surface area contributed by atoms with Crippen LogP contribution in [0.2, 0.25) is 0 Å². The smallest absolute Gasteiger partial charge is 0.399 e. The maximum Gasteiger partial charge on any atom is 0.497 e. The summed E-state index contributed by atoms with van der Waals surface area (Å²) in [5.74, 6) is -0.150. The molecule has 0 aromatic heterocycles. The Morgan fingerprint density at radius 2 is 1.72 bits per heavy atom. The third kappa shape index (κ3) is 3.75. The van der Waals surface area contributed by atoms with Crippen LogP contribution in [0, 0.1) is 6.92 Å². The quantitative estimate of drug-likeness (QED) is 0.674. The number of rotatable bonds is 4. The molecule has 5 nitrogen and oxygen atoms in total. The molecule has 1 N–H and O–H groups in total. The molecule has 0 aliphatic carbocycles. The van der Waals surface area contributed by atoms with Gasteiger partial charge in [0.15, 0.2) is 0 Å². The molecule has 0 unspecified atom stereocenters. The standard InChI is InChI=1S/C19H29BN2O3/c1-9-10-16(23)21-14-11-12-15(22(7)8)17(13(14)2)20-24-18(3,4)19(5,6)25-20/h9-12H,1-8H3,(H,21,23)/b10-9+. The minimum Gasteiger partial charge on any atom is -0.399 e. The predicted octanol–water partition coefficient (Wildman–Crippen LogP) is 2.87. The van der Waals surface area contributed by atoms with Gasteiger partial charge in [-0.15, -0.1) is 0 Å². The van der Waals surface area contributed by atoms with Crippen LogP contribution in [0.3, 0.4) is 0 Å². The van der Waals surface area contributed by atoms with Gasteiger partial charge in [0, 0.05) is 30.9 Å². The maximum absolute atomic E-state index is 12.0. The highest BCUT2D eigenvalue weighted by atomic mass is 16.7. The summed E-state index contributed by atoms with van der Waals surface area (Å²) in [5, 5.41) is 2.93. The van der Waals surface area contributed by atoms with Crippen molar-refractivity contribution in [1.29, 1.82) is 0 Å². The normalized spacial score (nSPS) is 18.6. The fourth-order valence-electron chi connectivity index (χ4n) is 2.82. The molecular formula is C19H29BN2O3. The van der Waals surface area contributed by atoms with Crippen LogP contribution in [0.5, 0.6) is 0 Å². The lowest BCUT2D eigenvalue weighted by atomic mass is 9.74. The van der Waals surface area contributed by atoms with E-state index < -0.39 is 18.3 Å². The molecule has 1 heterocycles. The summed E-state index contributed by atoms with van der Waals surface area (Å²) in [4.78, 5) is 14.0. The Balaban J connectivity index is 2.50. The van der Waals surface area contributed by atoms with Gasteiger partial charge >= 0.3 is 7.12 Å². The summed E-state index contributed by atoms with van der Waals surface area (Å²) in [6, 6.07) is 3.90. The number of nitrogens with zero attached hydrogens (tertiary/aromatic N) is 1. The summed E-state index contributed by atoms with van der Waals surface area (Å²) in [5.41, 5.74) is 2.83. The van der Waals surface area contributed by atoms with E-state index in [0.717, 1.165) is 22.4 Å². The highest BCUT2D eigenvalue weighted by Crippen LogP contribution is 2.38. The van der Waals surface area contributed by atoms with Crippen LogP contribution in [0.4, 0.5) is 11.4 Å². The van der Waals surface area contributed by atoms with Gasteiger partial charge in [0.05, 0.1) is 11.2 Å². The van der Waals surface area contributed by atoms with E-state index in [1.165, 1.54) is 6.08 Å². The first-order valence-electron chi connectivity index (χ1n) is 8.60. The maximum atomic E-state index is 12.0. The van der Waals surface area contributed by atoms with Crippen molar-refractivity contribution in [2.24, 2.45) is 0 Å². The second-order valence-electron chi connectivity index (χ2n) is 7.64. The lowest BCUT2D eigenvalue weighted by Gasteiger charge is -2.32. The summed E-state index contributed by atoms with van der Waals surface area (Å²) < 4.78 is 12.5. The number of nitrogens with one attached hydrogen (secondary N) is 1. The van der Waals surface area contributed by atoms with Crippen molar-refractivity contribution in [2.45, 2.75) is 52.7 Å². The molecule has 0 radical (unpaired) electrons. The summed E-state index contributed by atoms with van der Waals surface area (Å²) in [6.07, 6.45) is 3.22. The van der Waals surface area contributed by atoms with Gasteiger partial charge in [0.2, 0.25) is 5.91 Å². The largest absolute Gasteiger partial charge is 0.497 e. The Labute approximate surface area is 151 Å². The number of benzene rings is 1. The molecule has 0 spiro atoms. The van der Waals surface area contributed by atoms with E-state index >= 15 is 0 Å². The molecule has 1 aromatic rings. The Morgan fingerprint density at radius 1 is 1.16 bits per heavy atom. The number of allylic oxidation sites excluding steroid dienone is 1. The van der Waals surface area contributed by atoms with Crippen LogP contribution in [0.1, 0.15) is 40.2 Å². The van der Waals surface area contributed by atoms with E-state index in [1.54, 1.807) is 6.08 Å². The van der Waals surface area contributed by atoms with E-state index in [-0.39, 0.29) is 5.91 Å². The minimum atomic E-state index is -0.485. The van der Waals surface area contributed by atoms with E-state index in [2.05, 4.69) is 5.32 Å². The van der Waals surface area contributed by atoms with Gasteiger partial charge in [-0.1, -0.05) is 6.08 Å². The summed E-state index contributed by atoms with van der Waals surface area (Å²) >= 11 is 0. The Kier molecular flexibility index (Phi) is 5.35. The molecule has 1 aromatic carbocycles. The number of amides is 1. The van der Waals surface area contributed by atoms with E-state index in [9.17, 15) is 4.79 Å². The zero-order chi connectivity index (χ0) is 19.0. The Bertz CT molecular complexity index is 680. The monoisotopic (exact) mass is 344 g/mol. The number of carbonyl (C=O) groups excluding carboxylic acids is 1. The first-order chi connectivity index (χ1) is 11.5. The van der Waals surface area contributed by atoms with Crippen molar-refractivity contribution in [3.63, 3.8) is 0 Å². The third-order valence-electron chi connectivity index (χ3n) is 5.04. The van der Waals surface area contributed by atoms with Crippen LogP contribution in [-0.2, 0) is 14.1 Å². The molecule has 1 fully saturated rings. The van der Waals surface area contributed by atoms with E-state index in [1.807, 2.05) is 72.7 Å². The van der Waals surface area contributed by atoms with Crippen LogP contribution in [0.25, 0.3) is 0 Å². The Hall–Kier alpha value is -1.79. The van der Waals surface area contributed by atoms with Gasteiger partial charge in [-0.05, 0) is 65.3 Å². The van der Waals surface area contributed by atoms with Crippen LogP contribution < -0.4 is 15.7 Å². The molecule has 1 aliphatic rings. The zero-order valence-corrected chi connectivity index (χ0v) is 16.6. The SMILES string of the molecule is C/C=C/C(=O)Nc1ccc(N(C)C)c(B2OC(C)(C)C(C)(C)O2)c1C. The fraction of sp³-hybridized carbons (Fsp3) is 0.526.